The van der Waals surface area contributed by atoms with Gasteiger partial charge >= 0.3 is 0 Å². The molecule has 2 heterocycles. The van der Waals surface area contributed by atoms with E-state index < -0.39 is 18.2 Å². The van der Waals surface area contributed by atoms with Gasteiger partial charge in [-0.1, -0.05) is 6.08 Å². The number of nitrogens with one attached hydrogen (secondary N) is 1. The van der Waals surface area contributed by atoms with Crippen molar-refractivity contribution in [3.63, 3.8) is 0 Å². The van der Waals surface area contributed by atoms with Crippen LogP contribution in [-0.2, 0) is 0 Å². The first kappa shape index (κ1) is 13.6. The Balaban J connectivity index is 1.75. The summed E-state index contributed by atoms with van der Waals surface area (Å²) in [6, 6.07) is -0.0612. The summed E-state index contributed by atoms with van der Waals surface area (Å²) in [4.78, 5) is 12.8. The van der Waals surface area contributed by atoms with Crippen LogP contribution in [0.1, 0.15) is 18.9 Å². The van der Waals surface area contributed by atoms with Crippen LogP contribution in [0.4, 0.5) is 5.82 Å². The van der Waals surface area contributed by atoms with E-state index in [9.17, 15) is 15.3 Å². The van der Waals surface area contributed by atoms with Crippen molar-refractivity contribution in [2.45, 2.75) is 37.1 Å². The Labute approximate surface area is 126 Å². The molecule has 1 fully saturated rings. The van der Waals surface area contributed by atoms with E-state index in [1.165, 1.54) is 6.33 Å². The van der Waals surface area contributed by atoms with Crippen molar-refractivity contribution >= 4 is 17.0 Å². The number of imidazole rings is 1. The lowest BCUT2D eigenvalue weighted by Gasteiger charge is -2.18. The molecule has 2 aliphatic carbocycles. The van der Waals surface area contributed by atoms with E-state index in [1.807, 2.05) is 0 Å². The van der Waals surface area contributed by atoms with Crippen LogP contribution in [-0.4, -0.2) is 59.7 Å². The monoisotopic (exact) mass is 303 g/mol. The van der Waals surface area contributed by atoms with Crippen molar-refractivity contribution in [2.24, 2.45) is 0 Å². The molecule has 0 saturated heterocycles. The topological polar surface area (TPSA) is 116 Å². The number of hydrogen-bond acceptors (Lipinski definition) is 7. The average Bonchev–Trinajstić information content (AvgIpc) is 3.16. The minimum absolute atomic E-state index is 0.287. The Kier molecular flexibility index (Phi) is 3.10. The number of fused-ring (bicyclic) bond motifs is 1. The number of aliphatic hydroxyl groups is 3. The molecule has 1 saturated carbocycles. The summed E-state index contributed by atoms with van der Waals surface area (Å²) in [6.45, 7) is -0.287. The Morgan fingerprint density at radius 1 is 1.23 bits per heavy atom. The van der Waals surface area contributed by atoms with Crippen LogP contribution in [0.2, 0.25) is 0 Å². The summed E-state index contributed by atoms with van der Waals surface area (Å²) < 4.78 is 1.70. The second-order valence-corrected chi connectivity index (χ2v) is 5.79. The lowest BCUT2D eigenvalue weighted by molar-refractivity contribution is 0.0287. The largest absolute Gasteiger partial charge is 0.392 e. The summed E-state index contributed by atoms with van der Waals surface area (Å²) in [7, 11) is 0. The normalized spacial score (nSPS) is 28.1. The van der Waals surface area contributed by atoms with E-state index in [1.54, 1.807) is 17.0 Å². The molecular weight excluding hydrogens is 286 g/mol. The van der Waals surface area contributed by atoms with Gasteiger partial charge in [0.15, 0.2) is 11.5 Å². The van der Waals surface area contributed by atoms with Crippen LogP contribution in [0.5, 0.6) is 0 Å². The van der Waals surface area contributed by atoms with Gasteiger partial charge in [-0.15, -0.1) is 0 Å². The number of anilines is 1. The number of nitrogens with zero attached hydrogens (tertiary/aromatic N) is 4. The van der Waals surface area contributed by atoms with Crippen molar-refractivity contribution in [3.05, 3.63) is 24.3 Å². The molecule has 116 valence electrons. The Morgan fingerprint density at radius 2 is 2.05 bits per heavy atom. The molecule has 8 heteroatoms. The first-order valence-electron chi connectivity index (χ1n) is 7.30. The van der Waals surface area contributed by atoms with Crippen molar-refractivity contribution < 1.29 is 15.3 Å². The third kappa shape index (κ3) is 2.07. The molecule has 2 aliphatic rings. The molecule has 0 radical (unpaired) electrons. The fourth-order valence-corrected chi connectivity index (χ4v) is 2.81. The van der Waals surface area contributed by atoms with Crippen molar-refractivity contribution in [2.75, 3.05) is 11.9 Å². The molecule has 3 atom stereocenters. The summed E-state index contributed by atoms with van der Waals surface area (Å²) in [5, 5.41) is 32.7. The number of rotatable bonds is 4. The lowest BCUT2D eigenvalue weighted by atomic mass is 10.1. The maximum atomic E-state index is 10.2. The Hall–Kier alpha value is -2.03. The minimum atomic E-state index is -1.07. The third-order valence-corrected chi connectivity index (χ3v) is 4.22. The maximum Gasteiger partial charge on any atom is 0.166 e. The van der Waals surface area contributed by atoms with Gasteiger partial charge in [0.2, 0.25) is 0 Å². The SMILES string of the molecule is OCC1=CC(n2cnc3c(NC4CC4)ncnc32)C(O)C1O. The van der Waals surface area contributed by atoms with E-state index >= 15 is 0 Å². The second-order valence-electron chi connectivity index (χ2n) is 5.79. The fraction of sp³-hybridized carbons (Fsp3) is 0.500. The maximum absolute atomic E-state index is 10.2. The van der Waals surface area contributed by atoms with Gasteiger partial charge in [0.1, 0.15) is 24.1 Å². The van der Waals surface area contributed by atoms with Crippen LogP contribution >= 0.6 is 0 Å². The summed E-state index contributed by atoms with van der Waals surface area (Å²) in [5.41, 5.74) is 1.64. The van der Waals surface area contributed by atoms with Crippen molar-refractivity contribution in [3.8, 4) is 0 Å². The molecular formula is C14H17N5O3. The van der Waals surface area contributed by atoms with Crippen LogP contribution in [0.3, 0.4) is 0 Å². The highest BCUT2D eigenvalue weighted by molar-refractivity contribution is 5.83. The van der Waals surface area contributed by atoms with Gasteiger partial charge in [-0.2, -0.15) is 0 Å². The lowest BCUT2D eigenvalue weighted by Crippen LogP contribution is -2.30. The molecule has 0 bridgehead atoms. The van der Waals surface area contributed by atoms with Crippen LogP contribution in [0.15, 0.2) is 24.3 Å². The molecule has 22 heavy (non-hydrogen) atoms. The van der Waals surface area contributed by atoms with E-state index in [0.29, 0.717) is 28.6 Å². The van der Waals surface area contributed by atoms with Gasteiger partial charge in [-0.25, -0.2) is 15.0 Å². The third-order valence-electron chi connectivity index (χ3n) is 4.22. The van der Waals surface area contributed by atoms with Gasteiger partial charge in [0, 0.05) is 6.04 Å². The summed E-state index contributed by atoms with van der Waals surface area (Å²) in [5.74, 6) is 0.686. The number of aromatic nitrogens is 4. The second kappa shape index (κ2) is 5.01. The Bertz CT molecular complexity index is 739. The quantitative estimate of drug-likeness (QED) is 0.568. The fourth-order valence-electron chi connectivity index (χ4n) is 2.81. The summed E-state index contributed by atoms with van der Waals surface area (Å²) >= 11 is 0. The molecule has 0 aliphatic heterocycles. The number of hydrogen-bond donors (Lipinski definition) is 4. The van der Waals surface area contributed by atoms with Crippen LogP contribution in [0, 0.1) is 0 Å². The average molecular weight is 303 g/mol. The smallest absolute Gasteiger partial charge is 0.166 e. The molecule has 4 N–H and O–H groups in total. The Morgan fingerprint density at radius 3 is 2.73 bits per heavy atom. The molecule has 0 aromatic carbocycles. The van der Waals surface area contributed by atoms with Gasteiger partial charge in [0.05, 0.1) is 19.0 Å². The highest BCUT2D eigenvalue weighted by Gasteiger charge is 2.36. The van der Waals surface area contributed by atoms with Gasteiger partial charge in [-0.05, 0) is 18.4 Å². The predicted octanol–water partition coefficient (Wildman–Crippen LogP) is -0.404. The molecule has 2 aromatic rings. The first-order chi connectivity index (χ1) is 10.7. The van der Waals surface area contributed by atoms with E-state index in [4.69, 9.17) is 0 Å². The van der Waals surface area contributed by atoms with Crippen molar-refractivity contribution in [1.82, 2.24) is 19.5 Å². The predicted molar refractivity (Wildman–Crippen MR) is 78.2 cm³/mol. The number of aliphatic hydroxyl groups excluding tert-OH is 3. The van der Waals surface area contributed by atoms with Gasteiger partial charge < -0.3 is 25.2 Å². The van der Waals surface area contributed by atoms with E-state index in [-0.39, 0.29) is 6.61 Å². The standard InChI is InChI=1S/C14H17N5O3/c20-4-7-3-9(12(22)11(7)21)19-6-17-10-13(18-8-1-2-8)15-5-16-14(10)19/h3,5-6,8-9,11-12,20-22H,1-2,4H2,(H,15,16,18). The van der Waals surface area contributed by atoms with Gasteiger partial charge in [0.25, 0.3) is 0 Å². The molecule has 3 unspecified atom stereocenters. The van der Waals surface area contributed by atoms with E-state index in [0.717, 1.165) is 12.8 Å². The highest BCUT2D eigenvalue weighted by Crippen LogP contribution is 2.33. The van der Waals surface area contributed by atoms with Gasteiger partial charge in [-0.3, -0.25) is 0 Å². The molecule has 0 spiro atoms. The zero-order valence-electron chi connectivity index (χ0n) is 11.8. The molecule has 2 aromatic heterocycles. The minimum Gasteiger partial charge on any atom is -0.392 e. The van der Waals surface area contributed by atoms with Crippen LogP contribution < -0.4 is 5.32 Å². The van der Waals surface area contributed by atoms with E-state index in [2.05, 4.69) is 20.3 Å². The highest BCUT2D eigenvalue weighted by atomic mass is 16.3. The molecule has 8 nitrogen and oxygen atoms in total. The van der Waals surface area contributed by atoms with Crippen LogP contribution in [0.25, 0.3) is 11.2 Å². The summed E-state index contributed by atoms with van der Waals surface area (Å²) in [6.07, 6.45) is 4.85. The molecule has 4 rings (SSSR count). The molecule has 0 amide bonds. The zero-order valence-corrected chi connectivity index (χ0v) is 11.8. The first-order valence-corrected chi connectivity index (χ1v) is 7.30. The van der Waals surface area contributed by atoms with Crippen molar-refractivity contribution in [1.29, 1.82) is 0 Å². The zero-order chi connectivity index (χ0) is 15.3.